The lowest BCUT2D eigenvalue weighted by molar-refractivity contribution is -0.145. The lowest BCUT2D eigenvalue weighted by atomic mass is 9.55. The van der Waals surface area contributed by atoms with Gasteiger partial charge in [-0.3, -0.25) is 9.69 Å². The Balaban J connectivity index is 1.41. The summed E-state index contributed by atoms with van der Waals surface area (Å²) >= 11 is 0. The highest BCUT2D eigenvalue weighted by atomic mass is 16.6. The molecule has 174 valence electrons. The number of nitrogens with zero attached hydrogens (tertiary/aromatic N) is 1. The number of ether oxygens (including phenoxy) is 1. The number of hydrogen-bond donors (Lipinski definition) is 1. The summed E-state index contributed by atoms with van der Waals surface area (Å²) in [5, 5.41) is 11.7. The highest BCUT2D eigenvalue weighted by Gasteiger charge is 2.60. The third-order valence-electron chi connectivity index (χ3n) is 10.1. The quantitative estimate of drug-likeness (QED) is 0.490. The van der Waals surface area contributed by atoms with Crippen LogP contribution in [0.15, 0.2) is 11.6 Å². The van der Waals surface area contributed by atoms with E-state index in [0.29, 0.717) is 18.0 Å². The summed E-state index contributed by atoms with van der Waals surface area (Å²) < 4.78 is 5.99. The molecule has 1 heterocycles. The molecule has 0 amide bonds. The van der Waals surface area contributed by atoms with Crippen molar-refractivity contribution >= 4 is 5.97 Å². The van der Waals surface area contributed by atoms with Crippen LogP contribution in [0.4, 0.5) is 0 Å². The van der Waals surface area contributed by atoms with Gasteiger partial charge in [0.15, 0.2) is 0 Å². The van der Waals surface area contributed by atoms with Crippen LogP contribution in [0.25, 0.3) is 0 Å². The molecule has 3 saturated carbocycles. The zero-order chi connectivity index (χ0) is 21.6. The molecule has 4 heteroatoms. The van der Waals surface area contributed by atoms with Crippen LogP contribution in [0, 0.1) is 23.2 Å². The Morgan fingerprint density at radius 2 is 1.65 bits per heavy atom. The summed E-state index contributed by atoms with van der Waals surface area (Å²) in [6.07, 6.45) is 17.9. The van der Waals surface area contributed by atoms with Gasteiger partial charge in [0, 0.05) is 36.4 Å². The Morgan fingerprint density at radius 3 is 2.26 bits per heavy atom. The van der Waals surface area contributed by atoms with Gasteiger partial charge in [0.1, 0.15) is 6.10 Å². The Bertz CT molecular complexity index is 675. The van der Waals surface area contributed by atoms with Gasteiger partial charge in [0.25, 0.3) is 0 Å². The Labute approximate surface area is 188 Å². The number of aliphatic hydroxyl groups is 1. The van der Waals surface area contributed by atoms with Gasteiger partial charge in [-0.15, -0.1) is 0 Å². The van der Waals surface area contributed by atoms with E-state index >= 15 is 0 Å². The highest BCUT2D eigenvalue weighted by Crippen LogP contribution is 2.56. The van der Waals surface area contributed by atoms with Crippen molar-refractivity contribution in [3.8, 4) is 0 Å². The normalized spacial score (nSPS) is 42.1. The van der Waals surface area contributed by atoms with E-state index < -0.39 is 6.10 Å². The number of carbonyl (C=O) groups excluding carboxylic acids is 1. The molecule has 4 aliphatic carbocycles. The second-order valence-corrected chi connectivity index (χ2v) is 11.6. The molecule has 0 unspecified atom stereocenters. The molecule has 4 nitrogen and oxygen atoms in total. The van der Waals surface area contributed by atoms with Crippen LogP contribution in [-0.4, -0.2) is 46.8 Å². The molecule has 1 saturated heterocycles. The fourth-order valence-corrected chi connectivity index (χ4v) is 7.92. The fourth-order valence-electron chi connectivity index (χ4n) is 7.92. The van der Waals surface area contributed by atoms with E-state index in [4.69, 9.17) is 4.74 Å². The topological polar surface area (TPSA) is 49.8 Å². The minimum atomic E-state index is -0.483. The summed E-state index contributed by atoms with van der Waals surface area (Å²) in [6, 6.07) is 1.23. The summed E-state index contributed by atoms with van der Waals surface area (Å²) in [6.45, 7) is 5.35. The molecule has 0 aromatic rings. The molecule has 0 aromatic heterocycles. The molecule has 5 rings (SSSR count). The summed E-state index contributed by atoms with van der Waals surface area (Å²) in [5.41, 5.74) is 1.14. The van der Waals surface area contributed by atoms with E-state index in [0.717, 1.165) is 25.8 Å². The molecule has 0 radical (unpaired) electrons. The zero-order valence-electron chi connectivity index (χ0n) is 19.7. The molecule has 6 atom stereocenters. The standard InChI is InChI=1S/C27H43NO3/c1-18-10-9-11-19-16-23-24(25(29)27(18,19)2)22(26(30)31-23)17-28(20-12-5-3-6-13-20)21-14-7-4-8-15-21/h11,18,20-25,29H,3-10,12-17H2,1-2H3/t18-,22-,23+,24+,25+,27+/m0/s1. The van der Waals surface area contributed by atoms with Gasteiger partial charge < -0.3 is 9.84 Å². The maximum absolute atomic E-state index is 13.2. The predicted octanol–water partition coefficient (Wildman–Crippen LogP) is 5.24. The number of rotatable bonds is 4. The number of fused-ring (bicyclic) bond motifs is 2. The van der Waals surface area contributed by atoms with Gasteiger partial charge >= 0.3 is 5.97 Å². The second kappa shape index (κ2) is 8.82. The molecule has 1 aliphatic heterocycles. The lowest BCUT2D eigenvalue weighted by Crippen LogP contribution is -2.56. The van der Waals surface area contributed by atoms with Crippen molar-refractivity contribution in [1.82, 2.24) is 4.90 Å². The van der Waals surface area contributed by atoms with Crippen molar-refractivity contribution in [2.45, 2.75) is 122 Å². The Hall–Kier alpha value is -0.870. The Kier molecular flexibility index (Phi) is 6.24. The first-order valence-corrected chi connectivity index (χ1v) is 13.3. The van der Waals surface area contributed by atoms with Crippen molar-refractivity contribution in [2.24, 2.45) is 23.2 Å². The average Bonchev–Trinajstić information content (AvgIpc) is 3.10. The number of aliphatic hydroxyl groups excluding tert-OH is 1. The van der Waals surface area contributed by atoms with E-state index in [9.17, 15) is 9.90 Å². The Morgan fingerprint density at radius 1 is 1.03 bits per heavy atom. The SMILES string of the molecule is C[C@H]1CCC=C2C[C@H]3OC(=O)[C@@H](CN(C4CCCCC4)C4CCCCC4)[C@H]3[C@@H](O)[C@@]21C. The summed E-state index contributed by atoms with van der Waals surface area (Å²) in [4.78, 5) is 15.9. The van der Waals surface area contributed by atoms with Gasteiger partial charge in [0.2, 0.25) is 0 Å². The van der Waals surface area contributed by atoms with Crippen LogP contribution >= 0.6 is 0 Å². The van der Waals surface area contributed by atoms with Crippen LogP contribution < -0.4 is 0 Å². The third-order valence-corrected chi connectivity index (χ3v) is 10.1. The van der Waals surface area contributed by atoms with Crippen molar-refractivity contribution in [1.29, 1.82) is 0 Å². The van der Waals surface area contributed by atoms with E-state index in [2.05, 4.69) is 24.8 Å². The van der Waals surface area contributed by atoms with Gasteiger partial charge in [0.05, 0.1) is 12.0 Å². The van der Waals surface area contributed by atoms with Crippen LogP contribution in [0.5, 0.6) is 0 Å². The van der Waals surface area contributed by atoms with E-state index in [1.807, 2.05) is 0 Å². The first-order chi connectivity index (χ1) is 15.0. The number of hydrogen-bond acceptors (Lipinski definition) is 4. The molecule has 0 spiro atoms. The maximum Gasteiger partial charge on any atom is 0.311 e. The minimum absolute atomic E-state index is 0.0406. The molecule has 31 heavy (non-hydrogen) atoms. The van der Waals surface area contributed by atoms with Crippen molar-refractivity contribution in [3.05, 3.63) is 11.6 Å². The average molecular weight is 430 g/mol. The molecule has 0 bridgehead atoms. The maximum atomic E-state index is 13.2. The van der Waals surface area contributed by atoms with Crippen molar-refractivity contribution in [2.75, 3.05) is 6.54 Å². The molecular weight excluding hydrogens is 386 g/mol. The molecule has 4 fully saturated rings. The summed E-state index contributed by atoms with van der Waals surface area (Å²) in [7, 11) is 0. The number of carbonyl (C=O) groups is 1. The van der Waals surface area contributed by atoms with Crippen LogP contribution in [0.3, 0.4) is 0 Å². The first kappa shape index (κ1) is 21.9. The molecule has 1 N–H and O–H groups in total. The number of esters is 1. The monoisotopic (exact) mass is 429 g/mol. The zero-order valence-corrected chi connectivity index (χ0v) is 19.7. The molecule has 5 aliphatic rings. The van der Waals surface area contributed by atoms with Gasteiger partial charge in [-0.25, -0.2) is 0 Å². The summed E-state index contributed by atoms with van der Waals surface area (Å²) in [5.74, 6) is 0.190. The minimum Gasteiger partial charge on any atom is -0.461 e. The number of allylic oxidation sites excluding steroid dienone is 1. The van der Waals surface area contributed by atoms with Crippen LogP contribution in [0.1, 0.15) is 97.3 Å². The fraction of sp³-hybridized carbons (Fsp3) is 0.889. The second-order valence-electron chi connectivity index (χ2n) is 11.6. The van der Waals surface area contributed by atoms with Gasteiger partial charge in [-0.2, -0.15) is 0 Å². The van der Waals surface area contributed by atoms with Crippen LogP contribution in [0.2, 0.25) is 0 Å². The van der Waals surface area contributed by atoms with E-state index in [1.165, 1.54) is 69.8 Å². The van der Waals surface area contributed by atoms with E-state index in [1.54, 1.807) is 0 Å². The highest BCUT2D eigenvalue weighted by molar-refractivity contribution is 5.76. The molecular formula is C27H43NO3. The smallest absolute Gasteiger partial charge is 0.311 e. The largest absolute Gasteiger partial charge is 0.461 e. The predicted molar refractivity (Wildman–Crippen MR) is 123 cm³/mol. The molecule has 0 aromatic carbocycles. The first-order valence-electron chi connectivity index (χ1n) is 13.3. The van der Waals surface area contributed by atoms with Crippen LogP contribution in [-0.2, 0) is 9.53 Å². The van der Waals surface area contributed by atoms with E-state index in [-0.39, 0.29) is 29.3 Å². The lowest BCUT2D eigenvalue weighted by Gasteiger charge is -2.52. The van der Waals surface area contributed by atoms with Crippen molar-refractivity contribution in [3.63, 3.8) is 0 Å². The van der Waals surface area contributed by atoms with Gasteiger partial charge in [-0.1, -0.05) is 64.0 Å². The van der Waals surface area contributed by atoms with Crippen molar-refractivity contribution < 1.29 is 14.6 Å². The third kappa shape index (κ3) is 3.80. The van der Waals surface area contributed by atoms with Gasteiger partial charge in [-0.05, 0) is 44.4 Å².